The first-order chi connectivity index (χ1) is 11.7. The average Bonchev–Trinajstić information content (AvgIpc) is 2.57. The van der Waals surface area contributed by atoms with Crippen molar-refractivity contribution in [2.75, 3.05) is 6.54 Å². The Morgan fingerprint density at radius 2 is 1.29 bits per heavy atom. The minimum atomic E-state index is -0.764. The van der Waals surface area contributed by atoms with E-state index in [1.54, 1.807) is 6.92 Å². The number of hydrogen-bond donors (Lipinski definition) is 2. The van der Waals surface area contributed by atoms with Gasteiger partial charge in [0, 0.05) is 0 Å². The smallest absolute Gasteiger partial charge is 0.320 e. The highest BCUT2D eigenvalue weighted by molar-refractivity contribution is 5.72. The minimum Gasteiger partial charge on any atom is -0.480 e. The van der Waals surface area contributed by atoms with E-state index in [-0.39, 0.29) is 0 Å². The Bertz CT molecular complexity index is 302. The van der Waals surface area contributed by atoms with Gasteiger partial charge in [-0.2, -0.15) is 0 Å². The van der Waals surface area contributed by atoms with Gasteiger partial charge in [0.05, 0.1) is 0 Å². The van der Waals surface area contributed by atoms with Crippen LogP contribution in [0.25, 0.3) is 0 Å². The zero-order valence-electron chi connectivity index (χ0n) is 16.2. The molecule has 0 aliphatic heterocycles. The Balaban J connectivity index is 3.14. The van der Waals surface area contributed by atoms with Crippen LogP contribution in [0.5, 0.6) is 0 Å². The summed E-state index contributed by atoms with van der Waals surface area (Å²) in [6.45, 7) is 4.78. The van der Waals surface area contributed by atoms with Crippen molar-refractivity contribution in [3.8, 4) is 0 Å². The maximum Gasteiger partial charge on any atom is 0.320 e. The molecular formula is C21H41NO2. The van der Waals surface area contributed by atoms with Crippen LogP contribution in [-0.2, 0) is 4.79 Å². The largest absolute Gasteiger partial charge is 0.480 e. The van der Waals surface area contributed by atoms with Gasteiger partial charge in [-0.15, -0.1) is 0 Å². The van der Waals surface area contributed by atoms with Crippen LogP contribution in [0, 0.1) is 0 Å². The molecule has 0 aromatic rings. The molecule has 0 amide bonds. The molecule has 0 rings (SSSR count). The SMILES string of the molecule is CCCCCCCC/C=C\CCCCCCCCNC(C)C(=O)O. The standard InChI is InChI=1S/C21H41NO2/c1-3-4-5-6-7-8-9-10-11-12-13-14-15-16-17-18-19-22-20(2)21(23)24/h10-11,20,22H,3-9,12-19H2,1-2H3,(H,23,24)/b11-10-. The third-order valence-electron chi connectivity index (χ3n) is 4.51. The first-order valence-electron chi connectivity index (χ1n) is 10.3. The molecule has 3 heteroatoms. The highest BCUT2D eigenvalue weighted by Gasteiger charge is 2.07. The zero-order chi connectivity index (χ0) is 17.9. The lowest BCUT2D eigenvalue weighted by atomic mass is 10.1. The summed E-state index contributed by atoms with van der Waals surface area (Å²) < 4.78 is 0. The summed E-state index contributed by atoms with van der Waals surface area (Å²) in [6.07, 6.45) is 23.0. The Labute approximate surface area is 150 Å². The van der Waals surface area contributed by atoms with Gasteiger partial charge in [-0.05, 0) is 45.6 Å². The Kier molecular flexibility index (Phi) is 17.9. The van der Waals surface area contributed by atoms with Crippen LogP contribution in [0.2, 0.25) is 0 Å². The molecule has 2 N–H and O–H groups in total. The van der Waals surface area contributed by atoms with E-state index < -0.39 is 12.0 Å². The third-order valence-corrected chi connectivity index (χ3v) is 4.51. The topological polar surface area (TPSA) is 49.3 Å². The van der Waals surface area contributed by atoms with Crippen molar-refractivity contribution in [1.82, 2.24) is 5.32 Å². The molecule has 0 aliphatic rings. The highest BCUT2D eigenvalue weighted by Crippen LogP contribution is 2.09. The highest BCUT2D eigenvalue weighted by atomic mass is 16.4. The molecule has 0 bridgehead atoms. The van der Waals surface area contributed by atoms with Crippen LogP contribution in [0.3, 0.4) is 0 Å². The normalized spacial score (nSPS) is 12.8. The van der Waals surface area contributed by atoms with E-state index in [0.29, 0.717) is 0 Å². The monoisotopic (exact) mass is 339 g/mol. The first kappa shape index (κ1) is 23.2. The lowest BCUT2D eigenvalue weighted by molar-refractivity contribution is -0.138. The van der Waals surface area contributed by atoms with Crippen molar-refractivity contribution in [2.24, 2.45) is 0 Å². The summed E-state index contributed by atoms with van der Waals surface area (Å²) in [4.78, 5) is 10.6. The van der Waals surface area contributed by atoms with Gasteiger partial charge in [0.2, 0.25) is 0 Å². The number of unbranched alkanes of at least 4 members (excludes halogenated alkanes) is 12. The van der Waals surface area contributed by atoms with Crippen LogP contribution in [-0.4, -0.2) is 23.7 Å². The quantitative estimate of drug-likeness (QED) is 0.235. The third kappa shape index (κ3) is 17.5. The van der Waals surface area contributed by atoms with Gasteiger partial charge in [0.1, 0.15) is 6.04 Å². The fraction of sp³-hybridized carbons (Fsp3) is 0.857. The number of carboxylic acid groups (broad SMARTS) is 1. The number of allylic oxidation sites excluding steroid dienone is 2. The Morgan fingerprint density at radius 1 is 0.833 bits per heavy atom. The molecule has 3 nitrogen and oxygen atoms in total. The van der Waals surface area contributed by atoms with E-state index in [0.717, 1.165) is 13.0 Å². The summed E-state index contributed by atoms with van der Waals surface area (Å²) in [5.41, 5.74) is 0. The van der Waals surface area contributed by atoms with Crippen molar-refractivity contribution in [3.63, 3.8) is 0 Å². The number of carboxylic acids is 1. The van der Waals surface area contributed by atoms with Crippen molar-refractivity contribution in [1.29, 1.82) is 0 Å². The molecule has 1 atom stereocenters. The van der Waals surface area contributed by atoms with Crippen molar-refractivity contribution in [3.05, 3.63) is 12.2 Å². The molecule has 1 unspecified atom stereocenters. The second-order valence-electron chi connectivity index (χ2n) is 6.95. The summed E-state index contributed by atoms with van der Waals surface area (Å²) in [5.74, 6) is -0.764. The molecular weight excluding hydrogens is 298 g/mol. The maximum absolute atomic E-state index is 10.6. The molecule has 142 valence electrons. The number of rotatable bonds is 18. The van der Waals surface area contributed by atoms with E-state index in [4.69, 9.17) is 5.11 Å². The maximum atomic E-state index is 10.6. The predicted octanol–water partition coefficient (Wildman–Crippen LogP) is 6.09. The average molecular weight is 340 g/mol. The molecule has 24 heavy (non-hydrogen) atoms. The zero-order valence-corrected chi connectivity index (χ0v) is 16.2. The fourth-order valence-electron chi connectivity index (χ4n) is 2.78. The van der Waals surface area contributed by atoms with Gasteiger partial charge >= 0.3 is 5.97 Å². The summed E-state index contributed by atoms with van der Waals surface area (Å²) in [7, 11) is 0. The molecule has 0 aromatic carbocycles. The van der Waals surface area contributed by atoms with Gasteiger partial charge < -0.3 is 10.4 Å². The van der Waals surface area contributed by atoms with Crippen molar-refractivity contribution >= 4 is 5.97 Å². The Hall–Kier alpha value is -0.830. The van der Waals surface area contributed by atoms with Crippen LogP contribution in [0.4, 0.5) is 0 Å². The first-order valence-corrected chi connectivity index (χ1v) is 10.3. The lowest BCUT2D eigenvalue weighted by Gasteiger charge is -2.08. The predicted molar refractivity (Wildman–Crippen MR) is 105 cm³/mol. The number of carbonyl (C=O) groups is 1. The van der Waals surface area contributed by atoms with Crippen LogP contribution in [0.1, 0.15) is 104 Å². The van der Waals surface area contributed by atoms with Crippen LogP contribution in [0.15, 0.2) is 12.2 Å². The van der Waals surface area contributed by atoms with Gasteiger partial charge in [-0.1, -0.05) is 76.9 Å². The molecule has 0 aliphatic carbocycles. The summed E-state index contributed by atoms with van der Waals surface area (Å²) in [5, 5.41) is 11.8. The second kappa shape index (κ2) is 18.5. The Morgan fingerprint density at radius 3 is 1.79 bits per heavy atom. The van der Waals surface area contributed by atoms with Crippen molar-refractivity contribution in [2.45, 2.75) is 110 Å². The van der Waals surface area contributed by atoms with Crippen LogP contribution < -0.4 is 5.32 Å². The summed E-state index contributed by atoms with van der Waals surface area (Å²) >= 11 is 0. The van der Waals surface area contributed by atoms with Gasteiger partial charge in [0.15, 0.2) is 0 Å². The molecule has 0 saturated carbocycles. The fourth-order valence-corrected chi connectivity index (χ4v) is 2.78. The molecule has 0 spiro atoms. The van der Waals surface area contributed by atoms with Gasteiger partial charge in [-0.25, -0.2) is 0 Å². The minimum absolute atomic E-state index is 0.423. The van der Waals surface area contributed by atoms with Gasteiger partial charge in [0.25, 0.3) is 0 Å². The second-order valence-corrected chi connectivity index (χ2v) is 6.95. The number of nitrogens with one attached hydrogen (secondary N) is 1. The van der Waals surface area contributed by atoms with Crippen molar-refractivity contribution < 1.29 is 9.90 Å². The number of aliphatic carboxylic acids is 1. The van der Waals surface area contributed by atoms with E-state index in [9.17, 15) is 4.79 Å². The molecule has 0 saturated heterocycles. The molecule has 0 radical (unpaired) electrons. The molecule has 0 fully saturated rings. The van der Waals surface area contributed by atoms with E-state index in [1.165, 1.54) is 83.5 Å². The van der Waals surface area contributed by atoms with E-state index in [1.807, 2.05) is 0 Å². The van der Waals surface area contributed by atoms with E-state index >= 15 is 0 Å². The number of hydrogen-bond acceptors (Lipinski definition) is 2. The molecule has 0 heterocycles. The molecule has 0 aromatic heterocycles. The van der Waals surface area contributed by atoms with Crippen LogP contribution >= 0.6 is 0 Å². The lowest BCUT2D eigenvalue weighted by Crippen LogP contribution is -2.34. The summed E-state index contributed by atoms with van der Waals surface area (Å²) in [6, 6.07) is -0.423. The van der Waals surface area contributed by atoms with E-state index in [2.05, 4.69) is 24.4 Å². The van der Waals surface area contributed by atoms with Gasteiger partial charge in [-0.3, -0.25) is 4.79 Å².